The molecule has 0 saturated carbocycles. The Morgan fingerprint density at radius 1 is 1.26 bits per heavy atom. The fourth-order valence-corrected chi connectivity index (χ4v) is 1.31. The summed E-state index contributed by atoms with van der Waals surface area (Å²) in [6.07, 6.45) is -3.77. The molecular weight excluding hydrogens is 266 g/mol. The minimum atomic E-state index is -4.20. The predicted octanol–water partition coefficient (Wildman–Crippen LogP) is 2.80. The average Bonchev–Trinajstić information content (AvgIpc) is 2.31. The molecule has 1 heterocycles. The van der Waals surface area contributed by atoms with Gasteiger partial charge in [-0.3, -0.25) is 0 Å². The van der Waals surface area contributed by atoms with Crippen LogP contribution in [0.25, 0.3) is 0 Å². The van der Waals surface area contributed by atoms with Crippen molar-refractivity contribution in [3.05, 3.63) is 11.4 Å². The third kappa shape index (κ3) is 3.93. The Morgan fingerprint density at radius 3 is 2.42 bits per heavy atom. The molecule has 1 aromatic heterocycles. The number of halogens is 4. The minimum absolute atomic E-state index is 0.122. The highest BCUT2D eigenvalue weighted by Crippen LogP contribution is 2.26. The van der Waals surface area contributed by atoms with Crippen LogP contribution in [0.15, 0.2) is 0 Å². The summed E-state index contributed by atoms with van der Waals surface area (Å²) in [4.78, 5) is 7.89. The highest BCUT2D eigenvalue weighted by atomic mass is 19.3. The van der Waals surface area contributed by atoms with Crippen molar-refractivity contribution in [2.24, 2.45) is 0 Å². The molecule has 0 amide bonds. The molecule has 0 aliphatic heterocycles. The van der Waals surface area contributed by atoms with Crippen molar-refractivity contribution >= 4 is 5.82 Å². The first-order valence-electron chi connectivity index (χ1n) is 5.65. The van der Waals surface area contributed by atoms with E-state index in [4.69, 9.17) is 4.74 Å². The first kappa shape index (κ1) is 15.5. The van der Waals surface area contributed by atoms with Crippen LogP contribution in [0.1, 0.15) is 18.3 Å². The second kappa shape index (κ2) is 6.03. The Labute approximate surface area is 108 Å². The lowest BCUT2D eigenvalue weighted by Crippen LogP contribution is -2.34. The van der Waals surface area contributed by atoms with Crippen molar-refractivity contribution in [3.8, 4) is 5.88 Å². The molecule has 1 aromatic rings. The lowest BCUT2D eigenvalue weighted by Gasteiger charge is -2.17. The van der Waals surface area contributed by atoms with E-state index >= 15 is 0 Å². The van der Waals surface area contributed by atoms with Gasteiger partial charge >= 0.3 is 12.3 Å². The molecule has 1 rings (SSSR count). The standard InChI is InChI=1S/C11H15F4N3O/c1-4-16-8-6(2)9(18-7(3)17-8)19-5-11(14,15)10(12)13/h10H,4-5H2,1-3H3,(H,16,17,18). The first-order chi connectivity index (χ1) is 8.77. The van der Waals surface area contributed by atoms with Gasteiger partial charge in [0.15, 0.2) is 6.61 Å². The van der Waals surface area contributed by atoms with Crippen LogP contribution in [0.3, 0.4) is 0 Å². The number of hydrogen-bond acceptors (Lipinski definition) is 4. The van der Waals surface area contributed by atoms with Crippen LogP contribution in [0.4, 0.5) is 23.4 Å². The molecule has 1 N–H and O–H groups in total. The van der Waals surface area contributed by atoms with Gasteiger partial charge < -0.3 is 10.1 Å². The predicted molar refractivity (Wildman–Crippen MR) is 62.1 cm³/mol. The highest BCUT2D eigenvalue weighted by Gasteiger charge is 2.42. The van der Waals surface area contributed by atoms with Gasteiger partial charge in [-0.05, 0) is 20.8 Å². The van der Waals surface area contributed by atoms with Crippen molar-refractivity contribution in [2.45, 2.75) is 33.1 Å². The molecule has 8 heteroatoms. The number of ether oxygens (including phenoxy) is 1. The first-order valence-corrected chi connectivity index (χ1v) is 5.65. The minimum Gasteiger partial charge on any atom is -0.471 e. The molecule has 0 atom stereocenters. The molecule has 0 aliphatic rings. The van der Waals surface area contributed by atoms with Crippen LogP contribution >= 0.6 is 0 Å². The lowest BCUT2D eigenvalue weighted by molar-refractivity contribution is -0.148. The summed E-state index contributed by atoms with van der Waals surface area (Å²) in [6, 6.07) is 0. The number of rotatable bonds is 6. The quantitative estimate of drug-likeness (QED) is 0.814. The molecule has 0 aliphatic carbocycles. The second-order valence-electron chi connectivity index (χ2n) is 3.93. The van der Waals surface area contributed by atoms with Crippen LogP contribution in [0, 0.1) is 13.8 Å². The molecule has 0 unspecified atom stereocenters. The summed E-state index contributed by atoms with van der Waals surface area (Å²) in [6.45, 7) is 4.10. The van der Waals surface area contributed by atoms with Crippen molar-refractivity contribution in [2.75, 3.05) is 18.5 Å². The molecule has 0 spiro atoms. The van der Waals surface area contributed by atoms with Gasteiger partial charge in [0.1, 0.15) is 11.6 Å². The van der Waals surface area contributed by atoms with E-state index in [1.54, 1.807) is 13.8 Å². The van der Waals surface area contributed by atoms with E-state index in [-0.39, 0.29) is 5.88 Å². The van der Waals surface area contributed by atoms with Gasteiger partial charge in [-0.15, -0.1) is 0 Å². The number of aromatic nitrogens is 2. The van der Waals surface area contributed by atoms with Crippen molar-refractivity contribution < 1.29 is 22.3 Å². The van der Waals surface area contributed by atoms with Gasteiger partial charge in [0, 0.05) is 6.54 Å². The van der Waals surface area contributed by atoms with E-state index in [1.165, 1.54) is 0 Å². The monoisotopic (exact) mass is 281 g/mol. The Morgan fingerprint density at radius 2 is 1.89 bits per heavy atom. The van der Waals surface area contributed by atoms with E-state index < -0.39 is 19.0 Å². The van der Waals surface area contributed by atoms with Gasteiger partial charge in [0.05, 0.1) is 5.56 Å². The topological polar surface area (TPSA) is 47.0 Å². The number of anilines is 1. The van der Waals surface area contributed by atoms with Gasteiger partial charge in [-0.25, -0.2) is 13.8 Å². The van der Waals surface area contributed by atoms with Gasteiger partial charge in [-0.1, -0.05) is 0 Å². The summed E-state index contributed by atoms with van der Waals surface area (Å²) >= 11 is 0. The van der Waals surface area contributed by atoms with E-state index in [1.807, 2.05) is 6.92 Å². The zero-order valence-corrected chi connectivity index (χ0v) is 10.8. The largest absolute Gasteiger partial charge is 0.471 e. The van der Waals surface area contributed by atoms with E-state index in [9.17, 15) is 17.6 Å². The van der Waals surface area contributed by atoms with Gasteiger partial charge in [0.25, 0.3) is 0 Å². The highest BCUT2D eigenvalue weighted by molar-refractivity contribution is 5.48. The van der Waals surface area contributed by atoms with Crippen LogP contribution in [0.5, 0.6) is 5.88 Å². The SMILES string of the molecule is CCNc1nc(C)nc(OCC(F)(F)C(F)F)c1C. The van der Waals surface area contributed by atoms with Crippen LogP contribution < -0.4 is 10.1 Å². The normalized spacial score (nSPS) is 11.8. The summed E-state index contributed by atoms with van der Waals surface area (Å²) in [7, 11) is 0. The molecule has 4 nitrogen and oxygen atoms in total. The maximum absolute atomic E-state index is 12.8. The van der Waals surface area contributed by atoms with Gasteiger partial charge in [-0.2, -0.15) is 13.8 Å². The number of hydrogen-bond donors (Lipinski definition) is 1. The number of nitrogens with zero attached hydrogens (tertiary/aromatic N) is 2. The summed E-state index contributed by atoms with van der Waals surface area (Å²) in [5.74, 6) is -3.59. The third-order valence-corrected chi connectivity index (χ3v) is 2.28. The van der Waals surface area contributed by atoms with Crippen molar-refractivity contribution in [1.82, 2.24) is 9.97 Å². The van der Waals surface area contributed by atoms with E-state index in [2.05, 4.69) is 15.3 Å². The zero-order valence-electron chi connectivity index (χ0n) is 10.8. The van der Waals surface area contributed by atoms with Crippen LogP contribution in [0.2, 0.25) is 0 Å². The molecule has 0 fully saturated rings. The summed E-state index contributed by atoms with van der Waals surface area (Å²) in [5, 5.41) is 2.91. The molecule has 0 radical (unpaired) electrons. The Balaban J connectivity index is 2.89. The average molecular weight is 281 g/mol. The fourth-order valence-electron chi connectivity index (χ4n) is 1.31. The third-order valence-electron chi connectivity index (χ3n) is 2.28. The second-order valence-corrected chi connectivity index (χ2v) is 3.93. The van der Waals surface area contributed by atoms with Crippen LogP contribution in [-0.2, 0) is 0 Å². The molecular formula is C11H15F4N3O. The zero-order chi connectivity index (χ0) is 14.6. The molecule has 0 saturated heterocycles. The summed E-state index contributed by atoms with van der Waals surface area (Å²) in [5.41, 5.74) is 0.400. The fraction of sp³-hybridized carbons (Fsp3) is 0.636. The molecule has 108 valence electrons. The van der Waals surface area contributed by atoms with E-state index in [0.29, 0.717) is 23.8 Å². The number of nitrogens with one attached hydrogen (secondary N) is 1. The lowest BCUT2D eigenvalue weighted by atomic mass is 10.3. The Bertz CT molecular complexity index is 440. The van der Waals surface area contributed by atoms with Gasteiger partial charge in [0.2, 0.25) is 5.88 Å². The summed E-state index contributed by atoms with van der Waals surface area (Å²) < 4.78 is 54.3. The van der Waals surface area contributed by atoms with Crippen molar-refractivity contribution in [1.29, 1.82) is 0 Å². The Kier molecular flexibility index (Phi) is 4.90. The van der Waals surface area contributed by atoms with E-state index in [0.717, 1.165) is 0 Å². The molecule has 0 bridgehead atoms. The molecule has 0 aromatic carbocycles. The van der Waals surface area contributed by atoms with Crippen LogP contribution in [-0.4, -0.2) is 35.5 Å². The Hall–Kier alpha value is -1.60. The number of aryl methyl sites for hydroxylation is 1. The van der Waals surface area contributed by atoms with Crippen molar-refractivity contribution in [3.63, 3.8) is 0 Å². The maximum Gasteiger partial charge on any atom is 0.340 e. The smallest absolute Gasteiger partial charge is 0.340 e. The maximum atomic E-state index is 12.8. The molecule has 19 heavy (non-hydrogen) atoms. The number of alkyl halides is 4.